The Hall–Kier alpha value is -2.53. The third-order valence-electron chi connectivity index (χ3n) is 3.97. The topological polar surface area (TPSA) is 42.0 Å². The van der Waals surface area contributed by atoms with E-state index in [1.54, 1.807) is 12.1 Å². The molecule has 0 bridgehead atoms. The van der Waals surface area contributed by atoms with Crippen molar-refractivity contribution < 1.29 is 9.18 Å². The molecule has 0 saturated carbocycles. The maximum atomic E-state index is 13.2. The van der Waals surface area contributed by atoms with Crippen LogP contribution in [0.4, 0.5) is 4.39 Å². The summed E-state index contributed by atoms with van der Waals surface area (Å²) in [4.78, 5) is 16.8. The van der Waals surface area contributed by atoms with Crippen molar-refractivity contribution in [1.82, 2.24) is 10.3 Å². The van der Waals surface area contributed by atoms with E-state index in [1.807, 2.05) is 42.6 Å². The summed E-state index contributed by atoms with van der Waals surface area (Å²) in [6.07, 6.45) is 0.306. The van der Waals surface area contributed by atoms with Gasteiger partial charge in [-0.15, -0.1) is 11.3 Å². The fraction of sp³-hybridized carbons (Fsp3) is 0.200. The highest BCUT2D eigenvalue weighted by atomic mass is 32.1. The Balaban J connectivity index is 1.73. The summed E-state index contributed by atoms with van der Waals surface area (Å²) in [5, 5.41) is 5.79. The van der Waals surface area contributed by atoms with Crippen molar-refractivity contribution in [3.63, 3.8) is 0 Å². The van der Waals surface area contributed by atoms with Crippen LogP contribution in [0.15, 0.2) is 60.0 Å². The highest BCUT2D eigenvalue weighted by Gasteiger charge is 2.18. The second kappa shape index (κ2) is 8.03. The summed E-state index contributed by atoms with van der Waals surface area (Å²) < 4.78 is 13.2. The number of hydrogen-bond donors (Lipinski definition) is 1. The molecule has 128 valence electrons. The van der Waals surface area contributed by atoms with Gasteiger partial charge in [-0.25, -0.2) is 9.37 Å². The van der Waals surface area contributed by atoms with Crippen molar-refractivity contribution in [1.29, 1.82) is 0 Å². The summed E-state index contributed by atoms with van der Waals surface area (Å²) in [5.74, 6) is -0.440. The van der Waals surface area contributed by atoms with Gasteiger partial charge < -0.3 is 5.32 Å². The van der Waals surface area contributed by atoms with E-state index in [-0.39, 0.29) is 17.6 Å². The Morgan fingerprint density at radius 1 is 1.12 bits per heavy atom. The summed E-state index contributed by atoms with van der Waals surface area (Å²) >= 11 is 1.54. The van der Waals surface area contributed by atoms with Crippen molar-refractivity contribution >= 4 is 17.2 Å². The first-order chi connectivity index (χ1) is 12.1. The van der Waals surface area contributed by atoms with Gasteiger partial charge in [0.15, 0.2) is 0 Å². The quantitative estimate of drug-likeness (QED) is 0.711. The molecule has 25 heavy (non-hydrogen) atoms. The number of carbonyl (C=O) groups excluding carboxylic acids is 1. The van der Waals surface area contributed by atoms with E-state index >= 15 is 0 Å². The summed E-state index contributed by atoms with van der Waals surface area (Å²) in [6.45, 7) is 2.37. The molecule has 0 saturated heterocycles. The Morgan fingerprint density at radius 2 is 1.80 bits per heavy atom. The number of carbonyl (C=O) groups is 1. The fourth-order valence-corrected chi connectivity index (χ4v) is 3.44. The number of nitrogens with one attached hydrogen (secondary N) is 1. The summed E-state index contributed by atoms with van der Waals surface area (Å²) in [5.41, 5.74) is 2.92. The molecule has 0 radical (unpaired) electrons. The van der Waals surface area contributed by atoms with Gasteiger partial charge in [0.25, 0.3) is 0 Å². The lowest BCUT2D eigenvalue weighted by molar-refractivity contribution is -0.121. The zero-order valence-corrected chi connectivity index (χ0v) is 14.7. The fourth-order valence-electron chi connectivity index (χ4n) is 2.72. The lowest BCUT2D eigenvalue weighted by Gasteiger charge is -2.17. The molecule has 0 aliphatic heterocycles. The molecule has 3 rings (SSSR count). The van der Waals surface area contributed by atoms with Gasteiger partial charge in [0, 0.05) is 23.4 Å². The molecular weight excluding hydrogens is 335 g/mol. The van der Waals surface area contributed by atoms with Crippen LogP contribution in [-0.4, -0.2) is 10.9 Å². The lowest BCUT2D eigenvalue weighted by atomic mass is 9.88. The zero-order valence-electron chi connectivity index (χ0n) is 13.9. The lowest BCUT2D eigenvalue weighted by Crippen LogP contribution is -2.25. The Bertz CT molecular complexity index is 830. The molecule has 1 amide bonds. The number of amides is 1. The highest BCUT2D eigenvalue weighted by Crippen LogP contribution is 2.28. The average Bonchev–Trinajstić information content (AvgIpc) is 3.05. The molecule has 5 heteroatoms. The van der Waals surface area contributed by atoms with E-state index in [2.05, 4.69) is 10.3 Å². The highest BCUT2D eigenvalue weighted by molar-refractivity contribution is 7.09. The zero-order chi connectivity index (χ0) is 17.6. The van der Waals surface area contributed by atoms with Crippen LogP contribution in [0.2, 0.25) is 0 Å². The Labute approximate surface area is 150 Å². The number of benzene rings is 2. The number of nitrogens with zero attached hydrogens (tertiary/aromatic N) is 1. The van der Waals surface area contributed by atoms with Crippen LogP contribution in [0.1, 0.15) is 34.2 Å². The van der Waals surface area contributed by atoms with Crippen LogP contribution in [-0.2, 0) is 11.3 Å². The number of rotatable bonds is 6. The molecule has 3 nitrogen and oxygen atoms in total. The molecular formula is C20H19FN2OS. The number of thiazole rings is 1. The Morgan fingerprint density at radius 3 is 2.44 bits per heavy atom. The van der Waals surface area contributed by atoms with Gasteiger partial charge in [0.1, 0.15) is 10.8 Å². The average molecular weight is 354 g/mol. The molecule has 0 aliphatic carbocycles. The minimum absolute atomic E-state index is 0.0500. The monoisotopic (exact) mass is 354 g/mol. The number of aromatic nitrogens is 1. The van der Waals surface area contributed by atoms with Gasteiger partial charge in [0.05, 0.1) is 6.54 Å². The van der Waals surface area contributed by atoms with Crippen LogP contribution >= 0.6 is 11.3 Å². The van der Waals surface area contributed by atoms with E-state index in [1.165, 1.54) is 23.5 Å². The van der Waals surface area contributed by atoms with E-state index < -0.39 is 0 Å². The molecule has 0 unspecified atom stereocenters. The van der Waals surface area contributed by atoms with Gasteiger partial charge in [-0.05, 0) is 30.2 Å². The molecule has 0 fully saturated rings. The van der Waals surface area contributed by atoms with E-state index in [4.69, 9.17) is 0 Å². The summed E-state index contributed by atoms with van der Waals surface area (Å²) in [7, 11) is 0. The first kappa shape index (κ1) is 17.3. The normalized spacial score (nSPS) is 11.9. The second-order valence-corrected chi connectivity index (χ2v) is 6.82. The molecule has 1 aromatic heterocycles. The first-order valence-electron chi connectivity index (χ1n) is 8.10. The Kier molecular flexibility index (Phi) is 5.56. The van der Waals surface area contributed by atoms with Gasteiger partial charge >= 0.3 is 0 Å². The number of hydrogen-bond acceptors (Lipinski definition) is 3. The molecule has 3 aromatic rings. The van der Waals surface area contributed by atoms with Crippen LogP contribution in [0.3, 0.4) is 0 Å². The maximum Gasteiger partial charge on any atom is 0.221 e. The maximum absolute atomic E-state index is 13.2. The van der Waals surface area contributed by atoms with Gasteiger partial charge in [-0.3, -0.25) is 4.79 Å². The van der Waals surface area contributed by atoms with Crippen molar-refractivity contribution in [2.45, 2.75) is 25.8 Å². The van der Waals surface area contributed by atoms with Crippen LogP contribution in [0.25, 0.3) is 0 Å². The second-order valence-electron chi connectivity index (χ2n) is 5.88. The van der Waals surface area contributed by atoms with Crippen LogP contribution < -0.4 is 5.32 Å². The SMILES string of the molecule is Cc1csc(CNC(=O)C[C@@H](c2ccccc2)c2ccc(F)cc2)n1. The summed E-state index contributed by atoms with van der Waals surface area (Å²) in [6, 6.07) is 16.2. The predicted molar refractivity (Wildman–Crippen MR) is 98.0 cm³/mol. The van der Waals surface area contributed by atoms with Crippen molar-refractivity contribution in [3.8, 4) is 0 Å². The molecule has 1 N–H and O–H groups in total. The largest absolute Gasteiger partial charge is 0.350 e. The van der Waals surface area contributed by atoms with Crippen molar-refractivity contribution in [2.24, 2.45) is 0 Å². The molecule has 0 aliphatic rings. The number of halogens is 1. The first-order valence-corrected chi connectivity index (χ1v) is 8.98. The molecule has 1 heterocycles. The molecule has 1 atom stereocenters. The predicted octanol–water partition coefficient (Wildman–Crippen LogP) is 4.43. The minimum atomic E-state index is -0.279. The van der Waals surface area contributed by atoms with Gasteiger partial charge in [-0.1, -0.05) is 42.5 Å². The van der Waals surface area contributed by atoms with Crippen LogP contribution in [0.5, 0.6) is 0 Å². The van der Waals surface area contributed by atoms with Crippen molar-refractivity contribution in [2.75, 3.05) is 0 Å². The van der Waals surface area contributed by atoms with Crippen LogP contribution in [0, 0.1) is 12.7 Å². The van der Waals surface area contributed by atoms with Gasteiger partial charge in [0.2, 0.25) is 5.91 Å². The third kappa shape index (κ3) is 4.73. The smallest absolute Gasteiger partial charge is 0.221 e. The minimum Gasteiger partial charge on any atom is -0.350 e. The number of aryl methyl sites for hydroxylation is 1. The standard InChI is InChI=1S/C20H19FN2OS/c1-14-13-25-20(23-14)12-22-19(24)11-18(15-5-3-2-4-6-15)16-7-9-17(21)10-8-16/h2-10,13,18H,11-12H2,1H3,(H,22,24)/t18-/m0/s1. The molecule has 2 aromatic carbocycles. The van der Waals surface area contributed by atoms with E-state index in [0.29, 0.717) is 13.0 Å². The van der Waals surface area contributed by atoms with Crippen molar-refractivity contribution in [3.05, 3.63) is 87.6 Å². The molecule has 0 spiro atoms. The third-order valence-corrected chi connectivity index (χ3v) is 4.93. The van der Waals surface area contributed by atoms with Gasteiger partial charge in [-0.2, -0.15) is 0 Å². The van der Waals surface area contributed by atoms with E-state index in [0.717, 1.165) is 21.8 Å². The van der Waals surface area contributed by atoms with E-state index in [9.17, 15) is 9.18 Å².